The van der Waals surface area contributed by atoms with Crippen LogP contribution in [-0.4, -0.2) is 81.3 Å². The molecular weight excluding hydrogens is 856 g/mol. The van der Waals surface area contributed by atoms with Crippen molar-refractivity contribution in [2.24, 2.45) is 14.1 Å². The normalized spacial score (nSPS) is 11.6. The quantitative estimate of drug-likeness (QED) is 0.0739. The number of H-pyrrole nitrogens is 1. The van der Waals surface area contributed by atoms with E-state index in [0.717, 1.165) is 49.9 Å². The summed E-state index contributed by atoms with van der Waals surface area (Å²) in [4.78, 5) is 28.0. The first kappa shape index (κ1) is 62.1. The average molecular weight is 934 g/mol. The zero-order chi connectivity index (χ0) is 46.8. The fourth-order valence-electron chi connectivity index (χ4n) is 5.47. The molecule has 65 heavy (non-hydrogen) atoms. The van der Waals surface area contributed by atoms with Gasteiger partial charge in [-0.15, -0.1) is 11.6 Å². The molecule has 1 aliphatic heterocycles. The van der Waals surface area contributed by atoms with Crippen LogP contribution in [-0.2, 0) is 25.4 Å². The third-order valence-corrected chi connectivity index (χ3v) is 8.71. The van der Waals surface area contributed by atoms with E-state index < -0.39 is 7.15 Å². The largest absolute Gasteiger partial charge is 1.00 e. The van der Waals surface area contributed by atoms with Crippen molar-refractivity contribution >= 4 is 33.1 Å². The Morgan fingerprint density at radius 2 is 1.26 bits per heavy atom. The minimum atomic E-state index is -1.00. The third kappa shape index (κ3) is 24.8. The van der Waals surface area contributed by atoms with E-state index in [9.17, 15) is 14.0 Å². The van der Waals surface area contributed by atoms with E-state index in [4.69, 9.17) is 32.4 Å². The number of nitriles is 1. The standard InChI is InChI=1S/C19H24N2O2.C14H16O.C6H10N2O.C4H6N2O.C2H5Cl.C2H3N.CH3F.2CH4.Na.H/c1-3-21-12-11-20(2)19(21)23-14-6-13-22-18-10-9-16-7-4-5-8-17(16)15-18;1-2-3-10-15-14-9-8-12-6-4-5-7-13(12)11-14;1-3-8-5-4-7(2)6(8)9;1-6-3-2-5-4(6)7;2*1-2-3;1-2;;;;/h4-5,7-12,15,19H,3,6,13-14H2,1-2H3;4-9,11H,2-3,10H2,1H3;4-5H,3H2,1-2H3;2-3H,1H3,(H,5,7);2H2,1H3;1H3;1H3;2*1H4;;/q;;;;;;;;;+1;-1/i;;;;;;1D;;;;. The molecule has 6 aromatic rings. The predicted octanol–water partition coefficient (Wildman–Crippen LogP) is 8.34. The molecule has 0 fully saturated rings. The maximum absolute atomic E-state index is 10.9. The van der Waals surface area contributed by atoms with Gasteiger partial charge >= 0.3 is 40.9 Å². The van der Waals surface area contributed by atoms with Gasteiger partial charge in [0.15, 0.2) is 0 Å². The van der Waals surface area contributed by atoms with Gasteiger partial charge in [-0.1, -0.05) is 95.8 Å². The number of hydrogen-bond acceptors (Lipinski definition) is 8. The number of rotatable bonds is 12. The smallest absolute Gasteiger partial charge is 1.00 e. The third-order valence-electron chi connectivity index (χ3n) is 8.71. The molecule has 1 atom stereocenters. The number of fused-ring (bicyclic) bond motifs is 2. The number of aromatic nitrogens is 4. The number of nitrogens with one attached hydrogen (secondary N) is 1. The Morgan fingerprint density at radius 3 is 1.63 bits per heavy atom. The van der Waals surface area contributed by atoms with E-state index in [1.165, 1.54) is 39.5 Å². The first-order valence-corrected chi connectivity index (χ1v) is 21.2. The van der Waals surface area contributed by atoms with Gasteiger partial charge in [-0.05, 0) is 66.1 Å². The SMILES string of the molecule is C.C.CC#N.CCCCOc1ccc2ccccc2c1.CCCl.CCN1C=CN(C)C1OCCCOc1ccc2ccccc2c1.CCn1ccn(C)c1=O.Cn1cc[nH]c1=O.[2H]CF.[H-].[Na+]. The molecule has 0 radical (unpaired) electrons. The van der Waals surface area contributed by atoms with Crippen LogP contribution in [0.3, 0.4) is 0 Å². The molecule has 1 unspecified atom stereocenters. The summed E-state index contributed by atoms with van der Waals surface area (Å²) >= 11 is 5.00. The molecule has 0 bridgehead atoms. The van der Waals surface area contributed by atoms with Crippen LogP contribution in [0.15, 0.2) is 132 Å². The van der Waals surface area contributed by atoms with E-state index in [1.54, 1.807) is 54.1 Å². The summed E-state index contributed by atoms with van der Waals surface area (Å²) in [5.74, 6) is 2.61. The number of imidazole rings is 2. The number of alkyl halides is 2. The van der Waals surface area contributed by atoms with Crippen LogP contribution in [0.1, 0.15) is 71.5 Å². The Bertz CT molecular complexity index is 2300. The molecular formula is C50H76ClFN7NaO5. The summed E-state index contributed by atoms with van der Waals surface area (Å²) in [5, 5.41) is 12.3. The first-order valence-electron chi connectivity index (χ1n) is 21.3. The number of halogens is 2. The molecule has 0 aliphatic carbocycles. The fraction of sp³-hybridized carbons (Fsp3) is 0.420. The summed E-state index contributed by atoms with van der Waals surface area (Å²) in [7, 11) is 4.47. The van der Waals surface area contributed by atoms with E-state index in [0.29, 0.717) is 13.2 Å². The van der Waals surface area contributed by atoms with Gasteiger partial charge < -0.3 is 39.6 Å². The van der Waals surface area contributed by atoms with Gasteiger partial charge in [0, 0.05) is 90.6 Å². The van der Waals surface area contributed by atoms with Crippen molar-refractivity contribution in [2.75, 3.05) is 46.4 Å². The second-order valence-electron chi connectivity index (χ2n) is 13.3. The second kappa shape index (κ2) is 39.4. The van der Waals surface area contributed by atoms with E-state index in [1.807, 2.05) is 45.3 Å². The van der Waals surface area contributed by atoms with Crippen LogP contribution < -0.4 is 50.4 Å². The van der Waals surface area contributed by atoms with Gasteiger partial charge in [-0.3, -0.25) is 8.96 Å². The molecule has 1 N–H and O–H groups in total. The minimum absolute atomic E-state index is 0. The summed E-state index contributed by atoms with van der Waals surface area (Å²) in [6, 6.07) is 30.9. The molecule has 15 heteroatoms. The molecule has 0 amide bonds. The molecule has 12 nitrogen and oxygen atoms in total. The van der Waals surface area contributed by atoms with Crippen LogP contribution in [0, 0.1) is 11.3 Å². The van der Waals surface area contributed by atoms with Crippen LogP contribution >= 0.6 is 11.6 Å². The number of ether oxygens (including phenoxy) is 3. The maximum atomic E-state index is 10.9. The number of aromatic amines is 1. The van der Waals surface area contributed by atoms with Crippen LogP contribution in [0.5, 0.6) is 11.5 Å². The van der Waals surface area contributed by atoms with Crippen molar-refractivity contribution in [3.05, 3.63) is 143 Å². The molecule has 0 saturated heterocycles. The van der Waals surface area contributed by atoms with Crippen molar-refractivity contribution in [3.63, 3.8) is 0 Å². The zero-order valence-corrected chi connectivity index (χ0v) is 41.4. The monoisotopic (exact) mass is 933 g/mol. The minimum Gasteiger partial charge on any atom is -1.00 e. The van der Waals surface area contributed by atoms with Crippen molar-refractivity contribution < 1.29 is 51.0 Å². The summed E-state index contributed by atoms with van der Waals surface area (Å²) in [6.45, 7) is 13.4. The number of aryl methyl sites for hydroxylation is 3. The molecule has 7 rings (SSSR count). The van der Waals surface area contributed by atoms with E-state index in [2.05, 4.69) is 102 Å². The van der Waals surface area contributed by atoms with Gasteiger partial charge in [0.25, 0.3) is 0 Å². The number of benzene rings is 4. The Kier molecular flexibility index (Phi) is 37.7. The molecule has 2 aromatic heterocycles. The summed E-state index contributed by atoms with van der Waals surface area (Å²) in [6.07, 6.45) is 14.1. The Labute approximate surface area is 418 Å². The fourth-order valence-corrected chi connectivity index (χ4v) is 5.47. The molecule has 0 saturated carbocycles. The summed E-state index contributed by atoms with van der Waals surface area (Å²) < 4.78 is 37.6. The van der Waals surface area contributed by atoms with Gasteiger partial charge in [-0.2, -0.15) is 5.26 Å². The van der Waals surface area contributed by atoms with Gasteiger partial charge in [0.1, 0.15) is 11.5 Å². The number of unbranched alkanes of at least 4 members (excludes halogenated alkanes) is 1. The van der Waals surface area contributed by atoms with Crippen LogP contribution in [0.25, 0.3) is 21.5 Å². The average Bonchev–Trinajstić information content (AvgIpc) is 3.97. The van der Waals surface area contributed by atoms with Crippen molar-refractivity contribution in [1.82, 2.24) is 28.5 Å². The van der Waals surface area contributed by atoms with Gasteiger partial charge in [0.2, 0.25) is 6.35 Å². The number of nitrogens with zero attached hydrogens (tertiary/aromatic N) is 6. The van der Waals surface area contributed by atoms with E-state index >= 15 is 0 Å². The Morgan fingerprint density at radius 1 is 0.769 bits per heavy atom. The zero-order valence-electron chi connectivity index (χ0n) is 40.7. The molecule has 1 aliphatic rings. The second-order valence-corrected chi connectivity index (χ2v) is 13.8. The topological polar surface area (TPSA) is 123 Å². The predicted molar refractivity (Wildman–Crippen MR) is 268 cm³/mol. The Balaban J connectivity index is -0.000000391. The molecule has 0 spiro atoms. The van der Waals surface area contributed by atoms with Gasteiger partial charge in [-0.25, -0.2) is 9.59 Å². The number of hydrogen-bond donors (Lipinski definition) is 1. The first-order chi connectivity index (χ1) is 30.5. The van der Waals surface area contributed by atoms with Crippen molar-refractivity contribution in [1.29, 1.82) is 5.26 Å². The molecule has 4 aromatic carbocycles. The van der Waals surface area contributed by atoms with Crippen molar-refractivity contribution in [3.8, 4) is 17.6 Å². The van der Waals surface area contributed by atoms with Crippen LogP contribution in [0.2, 0.25) is 0 Å². The van der Waals surface area contributed by atoms with Crippen molar-refractivity contribution in [2.45, 2.75) is 81.6 Å². The van der Waals surface area contributed by atoms with E-state index in [-0.39, 0.29) is 63.6 Å². The Hall–Kier alpha value is -4.97. The summed E-state index contributed by atoms with van der Waals surface area (Å²) in [5.41, 5.74) is -0.0162. The van der Waals surface area contributed by atoms with Crippen LogP contribution in [0.4, 0.5) is 4.39 Å². The van der Waals surface area contributed by atoms with Gasteiger partial charge in [0.05, 0.1) is 34.4 Å². The maximum Gasteiger partial charge on any atom is 1.00 e. The molecule has 3 heterocycles. The molecule has 356 valence electrons.